The Hall–Kier alpha value is -1.17. The van der Waals surface area contributed by atoms with Crippen LogP contribution in [0.4, 0.5) is 0 Å². The summed E-state index contributed by atoms with van der Waals surface area (Å²) in [6, 6.07) is 6.53. The Balaban J connectivity index is 2.88. The monoisotopic (exact) mass is 250 g/mol. The van der Waals surface area contributed by atoms with Gasteiger partial charge in [-0.3, -0.25) is 4.79 Å². The van der Waals surface area contributed by atoms with Gasteiger partial charge in [-0.15, -0.1) is 0 Å². The first-order valence-corrected chi connectivity index (χ1v) is 5.81. The number of hydrogen-bond acceptors (Lipinski definition) is 4. The minimum atomic E-state index is -1.19. The molecular weight excluding hydrogens is 231 g/mol. The molecule has 0 aliphatic heterocycles. The van der Waals surface area contributed by atoms with Crippen molar-refractivity contribution >= 4 is 18.9 Å². The molecule has 1 aromatic rings. The third-order valence-corrected chi connectivity index (χ3v) is 3.21. The molecule has 0 saturated heterocycles. The van der Waals surface area contributed by atoms with Crippen LogP contribution in [-0.4, -0.2) is 34.7 Å². The standard InChI is InChI=1S/C13H19BO4/c1-12(2,16)13(3,4)18-14(17)11-7-5-6-10(8-11)9-15/h5-9,16-17H,1-4H3. The van der Waals surface area contributed by atoms with Gasteiger partial charge in [0.15, 0.2) is 0 Å². The molecule has 2 N–H and O–H groups in total. The lowest BCUT2D eigenvalue weighted by Crippen LogP contribution is -2.53. The molecule has 0 bridgehead atoms. The van der Waals surface area contributed by atoms with Crippen molar-refractivity contribution in [1.82, 2.24) is 0 Å². The molecule has 0 heterocycles. The van der Waals surface area contributed by atoms with Crippen molar-refractivity contribution < 1.29 is 19.6 Å². The molecule has 1 rings (SSSR count). The molecule has 0 radical (unpaired) electrons. The van der Waals surface area contributed by atoms with Crippen molar-refractivity contribution in [2.75, 3.05) is 0 Å². The fourth-order valence-electron chi connectivity index (χ4n) is 1.28. The van der Waals surface area contributed by atoms with E-state index in [9.17, 15) is 14.9 Å². The Bertz CT molecular complexity index is 423. The van der Waals surface area contributed by atoms with Gasteiger partial charge in [0.1, 0.15) is 6.29 Å². The molecule has 0 aliphatic carbocycles. The third kappa shape index (κ3) is 3.42. The number of benzene rings is 1. The molecule has 4 nitrogen and oxygen atoms in total. The van der Waals surface area contributed by atoms with Gasteiger partial charge in [0, 0.05) is 5.56 Å². The zero-order chi connectivity index (χ0) is 14.0. The number of aliphatic hydroxyl groups is 1. The quantitative estimate of drug-likeness (QED) is 0.597. The molecule has 0 aliphatic rings. The first-order chi connectivity index (χ1) is 8.17. The van der Waals surface area contributed by atoms with Gasteiger partial charge in [-0.1, -0.05) is 24.3 Å². The molecule has 18 heavy (non-hydrogen) atoms. The van der Waals surface area contributed by atoms with E-state index < -0.39 is 18.3 Å². The fraction of sp³-hybridized carbons (Fsp3) is 0.462. The number of carbonyl (C=O) groups excluding carboxylic acids is 1. The largest absolute Gasteiger partial charge is 0.491 e. The molecule has 0 amide bonds. The van der Waals surface area contributed by atoms with E-state index in [-0.39, 0.29) is 0 Å². The Kier molecular flexibility index (Phi) is 4.32. The van der Waals surface area contributed by atoms with Gasteiger partial charge in [0.25, 0.3) is 0 Å². The number of aldehydes is 1. The number of rotatable bonds is 5. The van der Waals surface area contributed by atoms with E-state index >= 15 is 0 Å². The predicted molar refractivity (Wildman–Crippen MR) is 70.9 cm³/mol. The summed E-state index contributed by atoms with van der Waals surface area (Å²) in [5, 5.41) is 19.9. The van der Waals surface area contributed by atoms with Crippen LogP contribution < -0.4 is 5.46 Å². The van der Waals surface area contributed by atoms with Gasteiger partial charge in [-0.2, -0.15) is 0 Å². The second-order valence-electron chi connectivity index (χ2n) is 5.33. The van der Waals surface area contributed by atoms with Crippen LogP contribution in [0.3, 0.4) is 0 Å². The van der Waals surface area contributed by atoms with Crippen molar-refractivity contribution in [3.05, 3.63) is 29.8 Å². The zero-order valence-corrected chi connectivity index (χ0v) is 11.2. The van der Waals surface area contributed by atoms with Gasteiger partial charge in [-0.05, 0) is 33.2 Å². The van der Waals surface area contributed by atoms with Crippen molar-refractivity contribution in [3.63, 3.8) is 0 Å². The Morgan fingerprint density at radius 1 is 1.28 bits per heavy atom. The highest BCUT2D eigenvalue weighted by atomic mass is 16.5. The highest BCUT2D eigenvalue weighted by molar-refractivity contribution is 6.60. The van der Waals surface area contributed by atoms with Crippen LogP contribution in [0, 0.1) is 0 Å². The maximum atomic E-state index is 10.7. The molecule has 0 fully saturated rings. The first-order valence-electron chi connectivity index (χ1n) is 5.81. The average molecular weight is 250 g/mol. The SMILES string of the molecule is CC(C)(O)C(C)(C)OB(O)c1cccc(C=O)c1. The third-order valence-electron chi connectivity index (χ3n) is 3.21. The fourth-order valence-corrected chi connectivity index (χ4v) is 1.28. The molecule has 5 heteroatoms. The summed E-state index contributed by atoms with van der Waals surface area (Å²) in [6.45, 7) is 6.61. The van der Waals surface area contributed by atoms with Gasteiger partial charge < -0.3 is 14.8 Å². The molecule has 0 spiro atoms. The maximum absolute atomic E-state index is 10.7. The zero-order valence-electron chi connectivity index (χ0n) is 11.2. The van der Waals surface area contributed by atoms with E-state index in [1.165, 1.54) is 0 Å². The summed E-state index contributed by atoms with van der Waals surface area (Å²) in [5.41, 5.74) is -1.08. The minimum absolute atomic E-state index is 0.469. The Labute approximate surface area is 108 Å². The lowest BCUT2D eigenvalue weighted by Gasteiger charge is -2.38. The summed E-state index contributed by atoms with van der Waals surface area (Å²) in [6.07, 6.45) is 0.706. The van der Waals surface area contributed by atoms with E-state index in [4.69, 9.17) is 4.65 Å². The van der Waals surface area contributed by atoms with E-state index in [0.717, 1.165) is 0 Å². The van der Waals surface area contributed by atoms with Gasteiger partial charge in [0.05, 0.1) is 11.2 Å². The Morgan fingerprint density at radius 3 is 2.39 bits per heavy atom. The van der Waals surface area contributed by atoms with E-state index in [1.807, 2.05) is 0 Å². The second kappa shape index (κ2) is 5.22. The van der Waals surface area contributed by atoms with Gasteiger partial charge in [-0.25, -0.2) is 0 Å². The van der Waals surface area contributed by atoms with E-state index in [1.54, 1.807) is 52.0 Å². The normalized spacial score (nSPS) is 12.3. The smallest absolute Gasteiger partial charge is 0.423 e. The topological polar surface area (TPSA) is 66.8 Å². The molecule has 0 aromatic heterocycles. The lowest BCUT2D eigenvalue weighted by atomic mass is 9.76. The molecule has 0 atom stereocenters. The minimum Gasteiger partial charge on any atom is -0.423 e. The Morgan fingerprint density at radius 2 is 1.89 bits per heavy atom. The van der Waals surface area contributed by atoms with Crippen LogP contribution in [0.25, 0.3) is 0 Å². The summed E-state index contributed by atoms with van der Waals surface area (Å²) in [5.74, 6) is 0. The number of hydrogen-bond donors (Lipinski definition) is 2. The molecule has 0 saturated carbocycles. The van der Waals surface area contributed by atoms with Crippen LogP contribution in [0.2, 0.25) is 0 Å². The maximum Gasteiger partial charge on any atom is 0.491 e. The molecule has 0 unspecified atom stereocenters. The van der Waals surface area contributed by atoms with Crippen LogP contribution in [-0.2, 0) is 4.65 Å². The number of carbonyl (C=O) groups is 1. The second-order valence-corrected chi connectivity index (χ2v) is 5.33. The van der Waals surface area contributed by atoms with Gasteiger partial charge >= 0.3 is 7.12 Å². The van der Waals surface area contributed by atoms with Crippen LogP contribution in [0.1, 0.15) is 38.1 Å². The molecule has 1 aromatic carbocycles. The highest BCUT2D eigenvalue weighted by Gasteiger charge is 2.39. The highest BCUT2D eigenvalue weighted by Crippen LogP contribution is 2.25. The predicted octanol–water partition coefficient (Wildman–Crippen LogP) is 0.753. The van der Waals surface area contributed by atoms with Gasteiger partial charge in [0.2, 0.25) is 0 Å². The summed E-state index contributed by atoms with van der Waals surface area (Å²) < 4.78 is 5.48. The van der Waals surface area contributed by atoms with Crippen molar-refractivity contribution in [3.8, 4) is 0 Å². The van der Waals surface area contributed by atoms with Crippen molar-refractivity contribution in [2.24, 2.45) is 0 Å². The summed E-state index contributed by atoms with van der Waals surface area (Å²) in [7, 11) is -1.19. The van der Waals surface area contributed by atoms with Crippen molar-refractivity contribution in [2.45, 2.75) is 38.9 Å². The molecular formula is C13H19BO4. The summed E-state index contributed by atoms with van der Waals surface area (Å²) in [4.78, 5) is 10.7. The van der Waals surface area contributed by atoms with Crippen molar-refractivity contribution in [1.29, 1.82) is 0 Å². The van der Waals surface area contributed by atoms with Crippen LogP contribution >= 0.6 is 0 Å². The van der Waals surface area contributed by atoms with E-state index in [2.05, 4.69) is 0 Å². The summed E-state index contributed by atoms with van der Waals surface area (Å²) >= 11 is 0. The average Bonchev–Trinajstić information content (AvgIpc) is 2.27. The van der Waals surface area contributed by atoms with E-state index in [0.29, 0.717) is 17.3 Å². The first kappa shape index (κ1) is 14.9. The molecule has 98 valence electrons. The van der Waals surface area contributed by atoms with Crippen LogP contribution in [0.15, 0.2) is 24.3 Å². The lowest BCUT2D eigenvalue weighted by molar-refractivity contribution is -0.0982. The van der Waals surface area contributed by atoms with Crippen LogP contribution in [0.5, 0.6) is 0 Å².